The molecule has 2 atom stereocenters. The van der Waals surface area contributed by atoms with Crippen LogP contribution in [0.15, 0.2) is 29.3 Å². The Labute approximate surface area is 173 Å². The summed E-state index contributed by atoms with van der Waals surface area (Å²) in [4.78, 5) is 4.41. The van der Waals surface area contributed by atoms with Gasteiger partial charge in [-0.05, 0) is 44.9 Å². The number of ether oxygens (including phenoxy) is 1. The summed E-state index contributed by atoms with van der Waals surface area (Å²) in [6.45, 7) is 8.14. The topological polar surface area (TPSA) is 83.0 Å². The van der Waals surface area contributed by atoms with Crippen molar-refractivity contribution in [2.24, 2.45) is 4.99 Å². The average molecular weight is 431 g/mol. The Morgan fingerprint density at radius 1 is 1.29 bits per heavy atom. The third-order valence-corrected chi connectivity index (χ3v) is 6.36. The molecule has 1 aliphatic heterocycles. The van der Waals surface area contributed by atoms with E-state index in [-0.39, 0.29) is 24.5 Å². The minimum atomic E-state index is -3.35. The van der Waals surface area contributed by atoms with E-state index in [2.05, 4.69) is 15.6 Å². The molecule has 2 rings (SSSR count). The SMILES string of the molecule is CCNC(=NCCS(=O)(=O)N1CC(C)OC(C)C1)NCCc1cccc(Cl)c1. The smallest absolute Gasteiger partial charge is 0.216 e. The van der Waals surface area contributed by atoms with E-state index in [4.69, 9.17) is 16.3 Å². The molecule has 0 aliphatic carbocycles. The van der Waals surface area contributed by atoms with Crippen molar-refractivity contribution < 1.29 is 13.2 Å². The summed E-state index contributed by atoms with van der Waals surface area (Å²) < 4.78 is 32.3. The summed E-state index contributed by atoms with van der Waals surface area (Å²) in [5.74, 6) is 0.598. The second kappa shape index (κ2) is 11.0. The average Bonchev–Trinajstić information content (AvgIpc) is 2.61. The van der Waals surface area contributed by atoms with Gasteiger partial charge in [0.15, 0.2) is 5.96 Å². The van der Waals surface area contributed by atoms with Crippen LogP contribution in [0.1, 0.15) is 26.3 Å². The first-order valence-corrected chi connectivity index (χ1v) is 11.7. The summed E-state index contributed by atoms with van der Waals surface area (Å²) in [5, 5.41) is 7.10. The van der Waals surface area contributed by atoms with Gasteiger partial charge in [-0.3, -0.25) is 4.99 Å². The van der Waals surface area contributed by atoms with Crippen LogP contribution in [-0.4, -0.2) is 69.4 Å². The van der Waals surface area contributed by atoms with Crippen molar-refractivity contribution in [1.82, 2.24) is 14.9 Å². The second-order valence-electron chi connectivity index (χ2n) is 6.96. The molecule has 0 radical (unpaired) electrons. The fraction of sp³-hybridized carbons (Fsp3) is 0.632. The van der Waals surface area contributed by atoms with E-state index in [0.717, 1.165) is 17.0 Å². The molecule has 28 heavy (non-hydrogen) atoms. The quantitative estimate of drug-likeness (QED) is 0.486. The van der Waals surface area contributed by atoms with Gasteiger partial charge in [-0.2, -0.15) is 4.31 Å². The fourth-order valence-corrected chi connectivity index (χ4v) is 4.79. The number of halogens is 1. The zero-order valence-electron chi connectivity index (χ0n) is 16.8. The number of benzene rings is 1. The first-order valence-electron chi connectivity index (χ1n) is 9.70. The molecule has 1 heterocycles. The minimum Gasteiger partial charge on any atom is -0.373 e. The lowest BCUT2D eigenvalue weighted by Gasteiger charge is -2.34. The van der Waals surface area contributed by atoms with Gasteiger partial charge >= 0.3 is 0 Å². The predicted molar refractivity (Wildman–Crippen MR) is 115 cm³/mol. The van der Waals surface area contributed by atoms with Crippen LogP contribution in [-0.2, 0) is 21.2 Å². The fourth-order valence-electron chi connectivity index (χ4n) is 3.12. The van der Waals surface area contributed by atoms with Gasteiger partial charge in [0.25, 0.3) is 0 Å². The largest absolute Gasteiger partial charge is 0.373 e. The van der Waals surface area contributed by atoms with Crippen molar-refractivity contribution in [2.45, 2.75) is 39.4 Å². The molecule has 2 unspecified atom stereocenters. The Morgan fingerprint density at radius 2 is 2.00 bits per heavy atom. The Hall–Kier alpha value is -1.35. The van der Waals surface area contributed by atoms with Gasteiger partial charge in [0.1, 0.15) is 0 Å². The van der Waals surface area contributed by atoms with Crippen LogP contribution in [0, 0.1) is 0 Å². The lowest BCUT2D eigenvalue weighted by Crippen LogP contribution is -2.49. The lowest BCUT2D eigenvalue weighted by molar-refractivity contribution is -0.0440. The standard InChI is InChI=1S/C19H31ClN4O3S/c1-4-21-19(22-9-8-17-6-5-7-18(20)12-17)23-10-11-28(25,26)24-13-15(2)27-16(3)14-24/h5-7,12,15-16H,4,8-11,13-14H2,1-3H3,(H2,21,22,23). The molecule has 0 aromatic heterocycles. The molecule has 0 spiro atoms. The van der Waals surface area contributed by atoms with Gasteiger partial charge in [-0.25, -0.2) is 8.42 Å². The number of rotatable bonds is 8. The number of nitrogens with zero attached hydrogens (tertiary/aromatic N) is 2. The molecule has 1 aromatic rings. The molecule has 1 fully saturated rings. The summed E-state index contributed by atoms with van der Waals surface area (Å²) in [6, 6.07) is 7.73. The predicted octanol–water partition coefficient (Wildman–Crippen LogP) is 1.88. The van der Waals surface area contributed by atoms with Gasteiger partial charge in [-0.1, -0.05) is 23.7 Å². The van der Waals surface area contributed by atoms with E-state index in [1.165, 1.54) is 4.31 Å². The highest BCUT2D eigenvalue weighted by atomic mass is 35.5. The van der Waals surface area contributed by atoms with Crippen molar-refractivity contribution >= 4 is 27.6 Å². The van der Waals surface area contributed by atoms with Gasteiger partial charge < -0.3 is 15.4 Å². The third-order valence-electron chi connectivity index (χ3n) is 4.34. The lowest BCUT2D eigenvalue weighted by atomic mass is 10.1. The monoisotopic (exact) mass is 430 g/mol. The normalized spacial score (nSPS) is 21.5. The number of hydrogen-bond acceptors (Lipinski definition) is 4. The second-order valence-corrected chi connectivity index (χ2v) is 9.48. The van der Waals surface area contributed by atoms with Gasteiger partial charge in [0.2, 0.25) is 10.0 Å². The van der Waals surface area contributed by atoms with Crippen molar-refractivity contribution in [1.29, 1.82) is 0 Å². The number of guanidine groups is 1. The van der Waals surface area contributed by atoms with Gasteiger partial charge in [-0.15, -0.1) is 0 Å². The van der Waals surface area contributed by atoms with E-state index < -0.39 is 10.0 Å². The Balaban J connectivity index is 1.85. The van der Waals surface area contributed by atoms with E-state index in [1.807, 2.05) is 45.0 Å². The van der Waals surface area contributed by atoms with Crippen LogP contribution in [0.2, 0.25) is 5.02 Å². The Bertz CT molecular complexity index is 747. The number of nitrogens with one attached hydrogen (secondary N) is 2. The summed E-state index contributed by atoms with van der Waals surface area (Å²) in [6.07, 6.45) is 0.618. The molecule has 7 nitrogen and oxygen atoms in total. The molecule has 0 bridgehead atoms. The molecule has 0 saturated carbocycles. The zero-order chi connectivity index (χ0) is 20.6. The zero-order valence-corrected chi connectivity index (χ0v) is 18.4. The Kier molecular flexibility index (Phi) is 9.01. The highest BCUT2D eigenvalue weighted by molar-refractivity contribution is 7.89. The first-order chi connectivity index (χ1) is 13.3. The molecule has 158 valence electrons. The van der Waals surface area contributed by atoms with Gasteiger partial charge in [0.05, 0.1) is 24.5 Å². The maximum Gasteiger partial charge on any atom is 0.216 e. The first kappa shape index (κ1) is 22.9. The van der Waals surface area contributed by atoms with Crippen molar-refractivity contribution in [3.8, 4) is 0 Å². The summed E-state index contributed by atoms with van der Waals surface area (Å²) in [7, 11) is -3.35. The van der Waals surface area contributed by atoms with Gasteiger partial charge in [0, 0.05) is 31.2 Å². The van der Waals surface area contributed by atoms with Crippen LogP contribution in [0.3, 0.4) is 0 Å². The molecule has 1 saturated heterocycles. The molecule has 9 heteroatoms. The van der Waals surface area contributed by atoms with E-state index in [9.17, 15) is 8.42 Å². The minimum absolute atomic E-state index is 0.0166. The molecular weight excluding hydrogens is 400 g/mol. The number of sulfonamides is 1. The van der Waals surface area contributed by atoms with Crippen LogP contribution in [0.5, 0.6) is 0 Å². The van der Waals surface area contributed by atoms with Crippen molar-refractivity contribution in [3.05, 3.63) is 34.9 Å². The maximum atomic E-state index is 12.6. The molecular formula is C19H31ClN4O3S. The molecule has 1 aliphatic rings. The Morgan fingerprint density at radius 3 is 2.64 bits per heavy atom. The van der Waals surface area contributed by atoms with E-state index in [1.54, 1.807) is 0 Å². The molecule has 2 N–H and O–H groups in total. The van der Waals surface area contributed by atoms with E-state index in [0.29, 0.717) is 32.1 Å². The van der Waals surface area contributed by atoms with Crippen LogP contribution >= 0.6 is 11.6 Å². The number of morpholine rings is 1. The van der Waals surface area contributed by atoms with Crippen LogP contribution in [0.25, 0.3) is 0 Å². The molecule has 1 aromatic carbocycles. The number of hydrogen-bond donors (Lipinski definition) is 2. The summed E-state index contributed by atoms with van der Waals surface area (Å²) in [5.41, 5.74) is 1.13. The highest BCUT2D eigenvalue weighted by Gasteiger charge is 2.30. The van der Waals surface area contributed by atoms with Crippen molar-refractivity contribution in [3.63, 3.8) is 0 Å². The summed E-state index contributed by atoms with van der Waals surface area (Å²) >= 11 is 6.00. The third kappa shape index (κ3) is 7.58. The molecule has 0 amide bonds. The van der Waals surface area contributed by atoms with Crippen molar-refractivity contribution in [2.75, 3.05) is 38.5 Å². The van der Waals surface area contributed by atoms with E-state index >= 15 is 0 Å². The number of aliphatic imine (C=N–C) groups is 1. The van der Waals surface area contributed by atoms with Crippen LogP contribution in [0.4, 0.5) is 0 Å². The highest BCUT2D eigenvalue weighted by Crippen LogP contribution is 2.15. The van der Waals surface area contributed by atoms with Crippen LogP contribution < -0.4 is 10.6 Å². The maximum absolute atomic E-state index is 12.6.